The van der Waals surface area contributed by atoms with Crippen LogP contribution in [0.2, 0.25) is 0 Å². The van der Waals surface area contributed by atoms with Gasteiger partial charge in [-0.1, -0.05) is 6.92 Å². The number of carbonyl (C=O) groups excluding carboxylic acids is 1. The summed E-state index contributed by atoms with van der Waals surface area (Å²) in [4.78, 5) is 17.8. The molecule has 2 atom stereocenters. The maximum absolute atomic E-state index is 12.1. The van der Waals surface area contributed by atoms with Crippen LogP contribution in [0.3, 0.4) is 0 Å². The first-order valence-electron chi connectivity index (χ1n) is 8.23. The van der Waals surface area contributed by atoms with E-state index < -0.39 is 0 Å². The molecule has 1 fully saturated rings. The molecule has 1 aliphatic heterocycles. The average molecular weight is 349 g/mol. The summed E-state index contributed by atoms with van der Waals surface area (Å²) in [6.07, 6.45) is 8.06. The van der Waals surface area contributed by atoms with E-state index in [0.717, 1.165) is 29.8 Å². The maximum Gasteiger partial charge on any atom is 0.315 e. The molecule has 0 aromatic carbocycles. The zero-order valence-electron chi connectivity index (χ0n) is 14.0. The molecule has 0 saturated carbocycles. The van der Waals surface area contributed by atoms with E-state index in [2.05, 4.69) is 27.6 Å². The number of amides is 2. The lowest BCUT2D eigenvalue weighted by Gasteiger charge is -2.19. The van der Waals surface area contributed by atoms with Crippen LogP contribution in [0.5, 0.6) is 0 Å². The number of nitrogens with one attached hydrogen (secondary N) is 2. The van der Waals surface area contributed by atoms with Crippen molar-refractivity contribution in [2.75, 3.05) is 13.2 Å². The lowest BCUT2D eigenvalue weighted by molar-refractivity contribution is 0.0999. The maximum atomic E-state index is 12.1. The standard InChI is InChI=1S/C16H23N5O2S/c1-3-12-9-18-14(24-12)4-6-17-16(22)20-13-5-7-23-15(13)11-8-19-21(2)10-11/h8-10,13,15H,3-7H2,1-2H3,(H2,17,20,22)/t13-,15+/m0/s1. The van der Waals surface area contributed by atoms with Crippen molar-refractivity contribution in [1.29, 1.82) is 0 Å². The van der Waals surface area contributed by atoms with Gasteiger partial charge in [-0.2, -0.15) is 5.10 Å². The van der Waals surface area contributed by atoms with Gasteiger partial charge in [0.15, 0.2) is 0 Å². The number of nitrogens with zero attached hydrogens (tertiary/aromatic N) is 3. The Labute approximate surface area is 145 Å². The summed E-state index contributed by atoms with van der Waals surface area (Å²) >= 11 is 1.71. The third-order valence-electron chi connectivity index (χ3n) is 4.04. The third-order valence-corrected chi connectivity index (χ3v) is 5.24. The van der Waals surface area contributed by atoms with Crippen molar-refractivity contribution in [1.82, 2.24) is 25.4 Å². The molecule has 2 aromatic rings. The Balaban J connectivity index is 1.45. The summed E-state index contributed by atoms with van der Waals surface area (Å²) in [6, 6.07) is -0.188. The van der Waals surface area contributed by atoms with Crippen LogP contribution < -0.4 is 10.6 Å². The zero-order valence-corrected chi connectivity index (χ0v) is 14.8. The molecule has 130 valence electrons. The number of carbonyl (C=O) groups is 1. The van der Waals surface area contributed by atoms with Gasteiger partial charge in [0, 0.05) is 49.5 Å². The van der Waals surface area contributed by atoms with Crippen molar-refractivity contribution in [2.24, 2.45) is 7.05 Å². The molecule has 1 aliphatic rings. The highest BCUT2D eigenvalue weighted by Gasteiger charge is 2.31. The monoisotopic (exact) mass is 349 g/mol. The van der Waals surface area contributed by atoms with Crippen LogP contribution in [0.15, 0.2) is 18.6 Å². The van der Waals surface area contributed by atoms with Crippen LogP contribution in [-0.2, 0) is 24.6 Å². The molecular weight excluding hydrogens is 326 g/mol. The highest BCUT2D eigenvalue weighted by Crippen LogP contribution is 2.28. The Bertz CT molecular complexity index is 684. The van der Waals surface area contributed by atoms with E-state index in [1.165, 1.54) is 4.88 Å². The SMILES string of the molecule is CCc1cnc(CCNC(=O)N[C@H]2CCO[C@@H]2c2cnn(C)c2)s1. The largest absolute Gasteiger partial charge is 0.371 e. The van der Waals surface area contributed by atoms with Crippen LogP contribution in [0.25, 0.3) is 0 Å². The third kappa shape index (κ3) is 4.12. The highest BCUT2D eigenvalue weighted by molar-refractivity contribution is 7.11. The normalized spacial score (nSPS) is 20.2. The second-order valence-electron chi connectivity index (χ2n) is 5.86. The van der Waals surface area contributed by atoms with E-state index >= 15 is 0 Å². The van der Waals surface area contributed by atoms with Gasteiger partial charge < -0.3 is 15.4 Å². The number of thiazole rings is 1. The first-order valence-corrected chi connectivity index (χ1v) is 9.05. The number of aromatic nitrogens is 3. The fraction of sp³-hybridized carbons (Fsp3) is 0.562. The van der Waals surface area contributed by atoms with E-state index in [9.17, 15) is 4.79 Å². The predicted molar refractivity (Wildman–Crippen MR) is 92.0 cm³/mol. The highest BCUT2D eigenvalue weighted by atomic mass is 32.1. The van der Waals surface area contributed by atoms with Gasteiger partial charge >= 0.3 is 6.03 Å². The second-order valence-corrected chi connectivity index (χ2v) is 7.06. The van der Waals surface area contributed by atoms with Crippen LogP contribution >= 0.6 is 11.3 Å². The molecule has 24 heavy (non-hydrogen) atoms. The summed E-state index contributed by atoms with van der Waals surface area (Å²) < 4.78 is 7.49. The van der Waals surface area contributed by atoms with E-state index in [1.807, 2.05) is 19.4 Å². The summed E-state index contributed by atoms with van der Waals surface area (Å²) in [7, 11) is 1.87. The summed E-state index contributed by atoms with van der Waals surface area (Å²) in [5.74, 6) is 0. The topological polar surface area (TPSA) is 81.1 Å². The van der Waals surface area contributed by atoms with Crippen LogP contribution in [0, 0.1) is 0 Å². The molecule has 8 heteroatoms. The fourth-order valence-corrected chi connectivity index (χ4v) is 3.64. The molecule has 1 saturated heterocycles. The van der Waals surface area contributed by atoms with Gasteiger partial charge in [0.05, 0.1) is 17.2 Å². The first-order chi connectivity index (χ1) is 11.7. The van der Waals surface area contributed by atoms with Gasteiger partial charge in [-0.15, -0.1) is 11.3 Å². The molecule has 3 rings (SSSR count). The Hall–Kier alpha value is -1.93. The summed E-state index contributed by atoms with van der Waals surface area (Å²) in [6.45, 7) is 3.34. The molecule has 3 heterocycles. The summed E-state index contributed by atoms with van der Waals surface area (Å²) in [5.41, 5.74) is 0.996. The van der Waals surface area contributed by atoms with E-state index in [4.69, 9.17) is 4.74 Å². The van der Waals surface area contributed by atoms with Crippen molar-refractivity contribution in [3.05, 3.63) is 34.0 Å². The van der Waals surface area contributed by atoms with E-state index in [1.54, 1.807) is 22.2 Å². The van der Waals surface area contributed by atoms with Crippen molar-refractivity contribution >= 4 is 17.4 Å². The number of ether oxygens (including phenoxy) is 1. The predicted octanol–water partition coefficient (Wildman–Crippen LogP) is 1.81. The van der Waals surface area contributed by atoms with Crippen LogP contribution in [0.4, 0.5) is 4.79 Å². The fourth-order valence-electron chi connectivity index (χ4n) is 2.78. The molecule has 0 radical (unpaired) electrons. The van der Waals surface area contributed by atoms with Gasteiger partial charge in [0.1, 0.15) is 6.10 Å². The minimum absolute atomic E-state index is 0.0271. The smallest absolute Gasteiger partial charge is 0.315 e. The van der Waals surface area contributed by atoms with Crippen molar-refractivity contribution in [3.63, 3.8) is 0 Å². The quantitative estimate of drug-likeness (QED) is 0.833. The second kappa shape index (κ2) is 7.76. The lowest BCUT2D eigenvalue weighted by atomic mass is 10.1. The van der Waals surface area contributed by atoms with Crippen molar-refractivity contribution in [2.45, 2.75) is 38.3 Å². The van der Waals surface area contributed by atoms with Crippen molar-refractivity contribution in [3.8, 4) is 0 Å². The lowest BCUT2D eigenvalue weighted by Crippen LogP contribution is -2.43. The van der Waals surface area contributed by atoms with Gasteiger partial charge in [-0.25, -0.2) is 9.78 Å². The number of rotatable bonds is 6. The number of urea groups is 1. The Morgan fingerprint density at radius 2 is 2.38 bits per heavy atom. The van der Waals surface area contributed by atoms with Crippen LogP contribution in [-0.4, -0.2) is 40.0 Å². The van der Waals surface area contributed by atoms with Gasteiger partial charge in [0.25, 0.3) is 0 Å². The van der Waals surface area contributed by atoms with E-state index in [-0.39, 0.29) is 18.2 Å². The van der Waals surface area contributed by atoms with Gasteiger partial charge in [-0.05, 0) is 12.8 Å². The molecule has 7 nitrogen and oxygen atoms in total. The van der Waals surface area contributed by atoms with Crippen molar-refractivity contribution < 1.29 is 9.53 Å². The Morgan fingerprint density at radius 1 is 1.50 bits per heavy atom. The van der Waals surface area contributed by atoms with E-state index in [0.29, 0.717) is 13.2 Å². The number of hydrogen-bond donors (Lipinski definition) is 2. The minimum atomic E-state index is -0.160. The average Bonchev–Trinajstić information content (AvgIpc) is 3.28. The van der Waals surface area contributed by atoms with Crippen LogP contribution in [0.1, 0.15) is 34.9 Å². The molecule has 0 spiro atoms. The molecule has 2 N–H and O–H groups in total. The molecule has 0 bridgehead atoms. The minimum Gasteiger partial charge on any atom is -0.371 e. The Morgan fingerprint density at radius 3 is 3.08 bits per heavy atom. The first kappa shape index (κ1) is 16.9. The molecular formula is C16H23N5O2S. The number of hydrogen-bond acceptors (Lipinski definition) is 5. The Kier molecular flexibility index (Phi) is 5.47. The zero-order chi connectivity index (χ0) is 16.9. The molecule has 2 amide bonds. The number of aryl methyl sites for hydroxylation is 2. The molecule has 2 aromatic heterocycles. The van der Waals surface area contributed by atoms with Gasteiger partial charge in [0.2, 0.25) is 0 Å². The van der Waals surface area contributed by atoms with Gasteiger partial charge in [-0.3, -0.25) is 4.68 Å². The molecule has 0 unspecified atom stereocenters. The molecule has 0 aliphatic carbocycles. The summed E-state index contributed by atoms with van der Waals surface area (Å²) in [5, 5.41) is 11.1.